The van der Waals surface area contributed by atoms with Crippen molar-refractivity contribution < 1.29 is 14.3 Å². The van der Waals surface area contributed by atoms with E-state index in [0.717, 1.165) is 32.9 Å². The summed E-state index contributed by atoms with van der Waals surface area (Å²) in [5, 5.41) is 9.64. The van der Waals surface area contributed by atoms with E-state index in [0.29, 0.717) is 18.0 Å². The summed E-state index contributed by atoms with van der Waals surface area (Å²) in [7, 11) is 1.64. The third-order valence-electron chi connectivity index (χ3n) is 5.25. The third-order valence-corrected chi connectivity index (χ3v) is 6.10. The Labute approximate surface area is 200 Å². The van der Waals surface area contributed by atoms with Crippen molar-refractivity contribution in [2.75, 3.05) is 19.0 Å². The summed E-state index contributed by atoms with van der Waals surface area (Å²) in [6.07, 6.45) is 1.78. The van der Waals surface area contributed by atoms with E-state index in [9.17, 15) is 4.79 Å². The van der Waals surface area contributed by atoms with Gasteiger partial charge in [0.1, 0.15) is 11.5 Å². The zero-order valence-electron chi connectivity index (χ0n) is 18.5. The van der Waals surface area contributed by atoms with E-state index in [1.54, 1.807) is 13.3 Å². The number of carbonyl (C=O) groups is 1. The molecule has 1 aliphatic heterocycles. The van der Waals surface area contributed by atoms with Crippen LogP contribution in [0.25, 0.3) is 11.3 Å². The second kappa shape index (κ2) is 9.76. The third kappa shape index (κ3) is 4.77. The molecule has 1 aromatic heterocycles. The Balaban J connectivity index is 1.56. The van der Waals surface area contributed by atoms with Crippen LogP contribution < -0.4 is 19.6 Å². The average Bonchev–Trinajstić information content (AvgIpc) is 3.29. The Kier molecular flexibility index (Phi) is 6.22. The Bertz CT molecular complexity index is 1420. The number of aromatic nitrogens is 1. The number of methoxy groups -OCH3 is 1. The second-order valence-corrected chi connectivity index (χ2v) is 8.42. The largest absolute Gasteiger partial charge is 0.497 e. The molecule has 0 spiro atoms. The molecular weight excluding hydrogens is 448 g/mol. The van der Waals surface area contributed by atoms with Gasteiger partial charge in [-0.3, -0.25) is 9.79 Å². The number of nitrogens with zero attached hydrogens (tertiary/aromatic N) is 3. The van der Waals surface area contributed by atoms with Gasteiger partial charge in [-0.2, -0.15) is 5.10 Å². The summed E-state index contributed by atoms with van der Waals surface area (Å²) in [6.45, 7) is 0.571. The maximum Gasteiger partial charge on any atom is 0.262 e. The molecule has 3 aromatic carbocycles. The SMILES string of the molecule is COc1cccc(C=Nn2c(-c3ccc4c(c3)NC(=O)CO4)csc2=NCc2ccccc2)c1. The molecule has 0 aliphatic carbocycles. The highest BCUT2D eigenvalue weighted by molar-refractivity contribution is 7.07. The van der Waals surface area contributed by atoms with Crippen LogP contribution in [0, 0.1) is 0 Å². The lowest BCUT2D eigenvalue weighted by atomic mass is 10.1. The topological polar surface area (TPSA) is 77.2 Å². The Morgan fingerprint density at radius 3 is 2.85 bits per heavy atom. The van der Waals surface area contributed by atoms with Crippen molar-refractivity contribution in [3.63, 3.8) is 0 Å². The predicted molar refractivity (Wildman–Crippen MR) is 134 cm³/mol. The van der Waals surface area contributed by atoms with Gasteiger partial charge in [-0.15, -0.1) is 11.3 Å². The van der Waals surface area contributed by atoms with Gasteiger partial charge in [-0.05, 0) is 41.5 Å². The van der Waals surface area contributed by atoms with Crippen LogP contribution in [0.5, 0.6) is 11.5 Å². The summed E-state index contributed by atoms with van der Waals surface area (Å²) in [5.41, 5.74) is 4.42. The van der Waals surface area contributed by atoms with Gasteiger partial charge in [0.05, 0.1) is 31.3 Å². The van der Waals surface area contributed by atoms with Crippen LogP contribution in [0.15, 0.2) is 88.3 Å². The first-order chi connectivity index (χ1) is 16.7. The van der Waals surface area contributed by atoms with Crippen LogP contribution in [0.4, 0.5) is 5.69 Å². The Morgan fingerprint density at radius 1 is 1.12 bits per heavy atom. The van der Waals surface area contributed by atoms with Gasteiger partial charge in [0.2, 0.25) is 4.80 Å². The van der Waals surface area contributed by atoms with E-state index in [1.807, 2.05) is 82.9 Å². The molecule has 7 nitrogen and oxygen atoms in total. The molecule has 0 unspecified atom stereocenters. The van der Waals surface area contributed by atoms with Gasteiger partial charge in [-0.25, -0.2) is 4.68 Å². The molecule has 0 saturated heterocycles. The first-order valence-corrected chi connectivity index (χ1v) is 11.6. The maximum atomic E-state index is 11.8. The van der Waals surface area contributed by atoms with Gasteiger partial charge < -0.3 is 14.8 Å². The summed E-state index contributed by atoms with van der Waals surface area (Å²) >= 11 is 1.51. The monoisotopic (exact) mass is 470 g/mol. The van der Waals surface area contributed by atoms with E-state index in [1.165, 1.54) is 11.3 Å². The number of nitrogens with one attached hydrogen (secondary N) is 1. The van der Waals surface area contributed by atoms with E-state index >= 15 is 0 Å². The molecule has 170 valence electrons. The van der Waals surface area contributed by atoms with Crippen molar-refractivity contribution in [3.8, 4) is 22.8 Å². The summed E-state index contributed by atoms with van der Waals surface area (Å²) in [6, 6.07) is 23.5. The van der Waals surface area contributed by atoms with Crippen molar-refractivity contribution in [3.05, 3.63) is 94.1 Å². The van der Waals surface area contributed by atoms with Crippen LogP contribution in [0.1, 0.15) is 11.1 Å². The number of hydrogen-bond acceptors (Lipinski definition) is 6. The van der Waals surface area contributed by atoms with Crippen molar-refractivity contribution in [2.24, 2.45) is 10.1 Å². The zero-order chi connectivity index (χ0) is 23.3. The first-order valence-electron chi connectivity index (χ1n) is 10.7. The van der Waals surface area contributed by atoms with Crippen molar-refractivity contribution in [1.82, 2.24) is 4.68 Å². The van der Waals surface area contributed by atoms with Gasteiger partial charge in [0.15, 0.2) is 6.61 Å². The first kappa shape index (κ1) is 21.7. The van der Waals surface area contributed by atoms with Gasteiger partial charge in [0.25, 0.3) is 5.91 Å². The average molecular weight is 471 g/mol. The quantitative estimate of drug-likeness (QED) is 0.421. The van der Waals surface area contributed by atoms with Crippen molar-refractivity contribution in [1.29, 1.82) is 0 Å². The molecular formula is C26H22N4O3S. The second-order valence-electron chi connectivity index (χ2n) is 7.59. The highest BCUT2D eigenvalue weighted by atomic mass is 32.1. The lowest BCUT2D eigenvalue weighted by Crippen LogP contribution is -2.25. The van der Waals surface area contributed by atoms with E-state index in [2.05, 4.69) is 5.32 Å². The molecule has 1 amide bonds. The molecule has 0 bridgehead atoms. The number of thiazole rings is 1. The van der Waals surface area contributed by atoms with Crippen LogP contribution in [-0.4, -0.2) is 30.5 Å². The van der Waals surface area contributed by atoms with Crippen LogP contribution in [0.2, 0.25) is 0 Å². The standard InChI is InChI=1S/C26H22N4O3S/c1-32-21-9-5-8-19(12-21)15-28-30-23(17-34-26(30)27-14-18-6-3-2-4-7-18)20-10-11-24-22(13-20)29-25(31)16-33-24/h2-13,15,17H,14,16H2,1H3,(H,29,31). The predicted octanol–water partition coefficient (Wildman–Crippen LogP) is 4.54. The minimum Gasteiger partial charge on any atom is -0.497 e. The fraction of sp³-hybridized carbons (Fsp3) is 0.115. The fourth-order valence-corrected chi connectivity index (χ4v) is 4.39. The molecule has 1 aliphatic rings. The molecule has 4 aromatic rings. The zero-order valence-corrected chi connectivity index (χ0v) is 19.3. The van der Waals surface area contributed by atoms with Crippen LogP contribution >= 0.6 is 11.3 Å². The molecule has 0 atom stereocenters. The lowest BCUT2D eigenvalue weighted by molar-refractivity contribution is -0.118. The number of anilines is 1. The van der Waals surface area contributed by atoms with E-state index in [4.69, 9.17) is 19.6 Å². The smallest absolute Gasteiger partial charge is 0.262 e. The minimum absolute atomic E-state index is 0.0259. The highest BCUT2D eigenvalue weighted by Gasteiger charge is 2.17. The number of ether oxygens (including phenoxy) is 2. The Hall–Kier alpha value is -4.17. The number of fused-ring (bicyclic) bond motifs is 1. The van der Waals surface area contributed by atoms with Crippen molar-refractivity contribution >= 4 is 29.1 Å². The summed E-state index contributed by atoms with van der Waals surface area (Å²) in [4.78, 5) is 17.4. The number of benzene rings is 3. The van der Waals surface area contributed by atoms with Gasteiger partial charge in [0, 0.05) is 10.9 Å². The number of rotatable bonds is 6. The van der Waals surface area contributed by atoms with Gasteiger partial charge in [-0.1, -0.05) is 42.5 Å². The Morgan fingerprint density at radius 2 is 2.00 bits per heavy atom. The fourth-order valence-electron chi connectivity index (χ4n) is 3.55. The van der Waals surface area contributed by atoms with Crippen LogP contribution in [0.3, 0.4) is 0 Å². The summed E-state index contributed by atoms with van der Waals surface area (Å²) < 4.78 is 12.6. The van der Waals surface area contributed by atoms with Crippen LogP contribution in [-0.2, 0) is 11.3 Å². The molecule has 34 heavy (non-hydrogen) atoms. The molecule has 0 fully saturated rings. The van der Waals surface area contributed by atoms with Gasteiger partial charge >= 0.3 is 0 Å². The molecule has 5 rings (SSSR count). The van der Waals surface area contributed by atoms with Crippen molar-refractivity contribution in [2.45, 2.75) is 6.54 Å². The molecule has 8 heteroatoms. The summed E-state index contributed by atoms with van der Waals surface area (Å²) in [5.74, 6) is 1.25. The molecule has 0 radical (unpaired) electrons. The highest BCUT2D eigenvalue weighted by Crippen LogP contribution is 2.33. The number of amides is 1. The van der Waals surface area contributed by atoms with E-state index in [-0.39, 0.29) is 12.5 Å². The minimum atomic E-state index is -0.169. The normalized spacial score (nSPS) is 13.4. The number of carbonyl (C=O) groups excluding carboxylic acids is 1. The molecule has 2 heterocycles. The molecule has 0 saturated carbocycles. The number of hydrogen-bond donors (Lipinski definition) is 1. The van der Waals surface area contributed by atoms with E-state index < -0.39 is 0 Å². The lowest BCUT2D eigenvalue weighted by Gasteiger charge is -2.18. The maximum absolute atomic E-state index is 11.8. The molecule has 1 N–H and O–H groups in total.